The summed E-state index contributed by atoms with van der Waals surface area (Å²) in [5.41, 5.74) is 3.35. The zero-order chi connectivity index (χ0) is 19.6. The third kappa shape index (κ3) is 7.84. The average Bonchev–Trinajstić information content (AvgIpc) is 2.66. The van der Waals surface area contributed by atoms with Crippen molar-refractivity contribution in [2.24, 2.45) is 4.99 Å². The normalized spacial score (nSPS) is 10.8. The molecule has 3 N–H and O–H groups in total. The molecule has 0 spiro atoms. The Labute approximate surface area is 183 Å². The van der Waals surface area contributed by atoms with Crippen LogP contribution >= 0.6 is 24.0 Å². The highest BCUT2D eigenvalue weighted by molar-refractivity contribution is 14.0. The second kappa shape index (κ2) is 12.3. The van der Waals surface area contributed by atoms with Crippen molar-refractivity contribution in [2.75, 3.05) is 12.4 Å². The first-order chi connectivity index (χ1) is 13.0. The monoisotopic (exact) mass is 498 g/mol. The Morgan fingerprint density at radius 2 is 1.64 bits per heavy atom. The number of rotatable bonds is 7. The van der Waals surface area contributed by atoms with Gasteiger partial charge < -0.3 is 16.0 Å². The highest BCUT2D eigenvalue weighted by atomic mass is 127. The van der Waals surface area contributed by atoms with Crippen molar-refractivity contribution in [3.05, 3.63) is 65.0 Å². The lowest BCUT2D eigenvalue weighted by atomic mass is 10.1. The second-order valence-electron chi connectivity index (χ2n) is 6.36. The van der Waals surface area contributed by atoms with Crippen LogP contribution in [0.1, 0.15) is 36.5 Å². The quantitative estimate of drug-likeness (QED) is 0.302. The van der Waals surface area contributed by atoms with Crippen LogP contribution in [0.2, 0.25) is 0 Å². The molecule has 2 aromatic carbocycles. The van der Waals surface area contributed by atoms with E-state index >= 15 is 0 Å². The first-order valence-corrected chi connectivity index (χ1v) is 9.10. The summed E-state index contributed by atoms with van der Waals surface area (Å²) in [7, 11) is 1.69. The van der Waals surface area contributed by atoms with Crippen LogP contribution in [-0.4, -0.2) is 18.9 Å². The molecule has 28 heavy (non-hydrogen) atoms. The predicted molar refractivity (Wildman–Crippen MR) is 124 cm³/mol. The fourth-order valence-electron chi connectivity index (χ4n) is 2.49. The first-order valence-electron chi connectivity index (χ1n) is 9.10. The predicted octanol–water partition coefficient (Wildman–Crippen LogP) is 4.36. The van der Waals surface area contributed by atoms with Crippen LogP contribution in [0.25, 0.3) is 0 Å². The number of nitrogens with one attached hydrogen (secondary N) is 3. The van der Waals surface area contributed by atoms with Crippen LogP contribution in [0.4, 0.5) is 10.1 Å². The SMILES string of the molecule is CCCC(=O)Nc1ccc(CNC(=NC)NCc2ccc(C)c(F)c2)cc1.I. The van der Waals surface area contributed by atoms with Crippen LogP contribution < -0.4 is 16.0 Å². The molecule has 0 aliphatic rings. The van der Waals surface area contributed by atoms with Gasteiger partial charge in [-0.2, -0.15) is 0 Å². The van der Waals surface area contributed by atoms with Gasteiger partial charge in [-0.25, -0.2) is 4.39 Å². The summed E-state index contributed by atoms with van der Waals surface area (Å²) >= 11 is 0. The van der Waals surface area contributed by atoms with Gasteiger partial charge in [-0.3, -0.25) is 9.79 Å². The Morgan fingerprint density at radius 1 is 1.04 bits per heavy atom. The van der Waals surface area contributed by atoms with Crippen LogP contribution in [0, 0.1) is 12.7 Å². The van der Waals surface area contributed by atoms with Crippen molar-refractivity contribution in [1.29, 1.82) is 0 Å². The van der Waals surface area contributed by atoms with E-state index in [9.17, 15) is 9.18 Å². The van der Waals surface area contributed by atoms with Gasteiger partial charge in [-0.1, -0.05) is 31.2 Å². The zero-order valence-electron chi connectivity index (χ0n) is 16.5. The van der Waals surface area contributed by atoms with Gasteiger partial charge in [0.05, 0.1) is 0 Å². The standard InChI is InChI=1S/C21H27FN4O.HI/c1-4-5-20(27)26-18-10-8-16(9-11-18)13-24-21(23-3)25-14-17-7-6-15(2)19(22)12-17;/h6-12H,4-5,13-14H2,1-3H3,(H,26,27)(H2,23,24,25);1H. The number of carbonyl (C=O) groups excluding carboxylic acids is 1. The van der Waals surface area contributed by atoms with Gasteiger partial charge in [-0.15, -0.1) is 24.0 Å². The summed E-state index contributed by atoms with van der Waals surface area (Å²) in [4.78, 5) is 15.8. The van der Waals surface area contributed by atoms with E-state index in [2.05, 4.69) is 20.9 Å². The molecule has 0 saturated heterocycles. The number of carbonyl (C=O) groups is 1. The molecule has 0 aliphatic carbocycles. The molecule has 0 radical (unpaired) electrons. The van der Waals surface area contributed by atoms with Crippen LogP contribution in [-0.2, 0) is 17.9 Å². The minimum atomic E-state index is -0.205. The Hall–Kier alpha value is -2.16. The summed E-state index contributed by atoms with van der Waals surface area (Å²) in [5.74, 6) is 0.459. The molecule has 1 amide bonds. The molecule has 2 aromatic rings. The lowest BCUT2D eigenvalue weighted by molar-refractivity contribution is -0.116. The van der Waals surface area contributed by atoms with E-state index in [0.717, 1.165) is 23.2 Å². The van der Waals surface area contributed by atoms with E-state index in [-0.39, 0.29) is 35.7 Å². The zero-order valence-corrected chi connectivity index (χ0v) is 18.8. The Morgan fingerprint density at radius 3 is 2.21 bits per heavy atom. The van der Waals surface area contributed by atoms with Crippen molar-refractivity contribution in [1.82, 2.24) is 10.6 Å². The van der Waals surface area contributed by atoms with Crippen LogP contribution in [0.15, 0.2) is 47.5 Å². The minimum Gasteiger partial charge on any atom is -0.352 e. The molecule has 0 atom stereocenters. The molecule has 0 saturated carbocycles. The molecule has 0 fully saturated rings. The van der Waals surface area contributed by atoms with E-state index in [1.807, 2.05) is 37.3 Å². The maximum absolute atomic E-state index is 13.6. The number of aryl methyl sites for hydroxylation is 1. The molecule has 0 unspecified atom stereocenters. The Bertz CT molecular complexity index is 793. The fourth-order valence-corrected chi connectivity index (χ4v) is 2.49. The number of guanidine groups is 1. The molecule has 0 bridgehead atoms. The maximum atomic E-state index is 13.6. The van der Waals surface area contributed by atoms with Crippen molar-refractivity contribution >= 4 is 41.5 Å². The molecular formula is C21H28FIN4O. The van der Waals surface area contributed by atoms with E-state index in [0.29, 0.717) is 31.0 Å². The number of halogens is 2. The molecule has 152 valence electrons. The van der Waals surface area contributed by atoms with Gasteiger partial charge in [0, 0.05) is 32.2 Å². The number of aliphatic imine (C=N–C) groups is 1. The van der Waals surface area contributed by atoms with Gasteiger partial charge in [0.2, 0.25) is 5.91 Å². The van der Waals surface area contributed by atoms with Gasteiger partial charge >= 0.3 is 0 Å². The van der Waals surface area contributed by atoms with Gasteiger partial charge in [0.15, 0.2) is 5.96 Å². The number of hydrogen-bond donors (Lipinski definition) is 3. The summed E-state index contributed by atoms with van der Waals surface area (Å²) in [6, 6.07) is 12.9. The number of benzene rings is 2. The molecule has 2 rings (SSSR count). The number of amides is 1. The molecular weight excluding hydrogens is 470 g/mol. The molecule has 0 heterocycles. The van der Waals surface area contributed by atoms with Gasteiger partial charge in [0.1, 0.15) is 5.82 Å². The van der Waals surface area contributed by atoms with Gasteiger partial charge in [0.25, 0.3) is 0 Å². The molecule has 5 nitrogen and oxygen atoms in total. The second-order valence-corrected chi connectivity index (χ2v) is 6.36. The molecule has 0 aromatic heterocycles. The summed E-state index contributed by atoms with van der Waals surface area (Å²) in [5, 5.41) is 9.26. The number of nitrogens with zero attached hydrogens (tertiary/aromatic N) is 1. The van der Waals surface area contributed by atoms with E-state index in [1.165, 1.54) is 6.07 Å². The smallest absolute Gasteiger partial charge is 0.224 e. The summed E-state index contributed by atoms with van der Waals surface area (Å²) in [6.45, 7) is 4.79. The van der Waals surface area contributed by atoms with E-state index in [1.54, 1.807) is 20.0 Å². The van der Waals surface area contributed by atoms with Crippen molar-refractivity contribution in [3.8, 4) is 0 Å². The highest BCUT2D eigenvalue weighted by Gasteiger charge is 2.03. The Kier molecular flexibility index (Phi) is 10.5. The lowest BCUT2D eigenvalue weighted by Gasteiger charge is -2.13. The third-order valence-corrected chi connectivity index (χ3v) is 4.09. The first kappa shape index (κ1) is 23.9. The van der Waals surface area contributed by atoms with Crippen molar-refractivity contribution in [2.45, 2.75) is 39.8 Å². The molecule has 7 heteroatoms. The lowest BCUT2D eigenvalue weighted by Crippen LogP contribution is -2.36. The Balaban J connectivity index is 0.00000392. The van der Waals surface area contributed by atoms with Crippen molar-refractivity contribution < 1.29 is 9.18 Å². The van der Waals surface area contributed by atoms with Gasteiger partial charge in [-0.05, 0) is 48.2 Å². The summed E-state index contributed by atoms with van der Waals surface area (Å²) in [6.07, 6.45) is 1.35. The summed E-state index contributed by atoms with van der Waals surface area (Å²) < 4.78 is 13.6. The van der Waals surface area contributed by atoms with E-state index in [4.69, 9.17) is 0 Å². The highest BCUT2D eigenvalue weighted by Crippen LogP contribution is 2.11. The molecule has 0 aliphatic heterocycles. The van der Waals surface area contributed by atoms with Crippen LogP contribution in [0.3, 0.4) is 0 Å². The maximum Gasteiger partial charge on any atom is 0.224 e. The average molecular weight is 498 g/mol. The minimum absolute atomic E-state index is 0. The fraction of sp³-hybridized carbons (Fsp3) is 0.333. The largest absolute Gasteiger partial charge is 0.352 e. The number of anilines is 1. The number of hydrogen-bond acceptors (Lipinski definition) is 2. The topological polar surface area (TPSA) is 65.5 Å². The van der Waals surface area contributed by atoms with E-state index < -0.39 is 0 Å². The third-order valence-electron chi connectivity index (χ3n) is 4.09. The van der Waals surface area contributed by atoms with Crippen LogP contribution in [0.5, 0.6) is 0 Å². The van der Waals surface area contributed by atoms with Crippen molar-refractivity contribution in [3.63, 3.8) is 0 Å².